The molecule has 1 N–H and O–H groups in total. The Hall–Kier alpha value is -3.47. The van der Waals surface area contributed by atoms with Crippen LogP contribution < -0.4 is 0 Å². The van der Waals surface area contributed by atoms with Gasteiger partial charge in [-0.1, -0.05) is 12.1 Å². The van der Waals surface area contributed by atoms with Crippen LogP contribution in [0.2, 0.25) is 0 Å². The molecule has 11 nitrogen and oxygen atoms in total. The smallest absolute Gasteiger partial charge is 0.305 e. The molecule has 3 rings (SSSR count). The van der Waals surface area contributed by atoms with E-state index in [-0.39, 0.29) is 65.7 Å². The maximum absolute atomic E-state index is 12.7. The molecule has 0 bridgehead atoms. The van der Waals surface area contributed by atoms with E-state index in [1.165, 1.54) is 23.2 Å². The molecule has 2 aliphatic rings. The van der Waals surface area contributed by atoms with Gasteiger partial charge in [-0.3, -0.25) is 14.4 Å². The number of phenolic OH excluding ortho intramolecular Hbond substituents is 1. The van der Waals surface area contributed by atoms with Crippen LogP contribution in [0, 0.1) is 5.21 Å². The van der Waals surface area contributed by atoms with E-state index in [0.717, 1.165) is 0 Å². The van der Waals surface area contributed by atoms with Gasteiger partial charge < -0.3 is 24.6 Å². The van der Waals surface area contributed by atoms with E-state index in [2.05, 4.69) is 5.22 Å². The van der Waals surface area contributed by atoms with E-state index in [4.69, 9.17) is 14.3 Å². The molecule has 1 aromatic carbocycles. The second-order valence-corrected chi connectivity index (χ2v) is 7.26. The molecule has 1 aliphatic carbocycles. The standard InChI is InChI=1S/C21H25N3O8/c1-14-15(21(28)19-16(20(14)27)5-2-6-17(19)25)4-3-7-18(26)31-12-13-32-24(29)22-23-8-10-30-11-9-23/h2,5-6,25H,3-4,7-13H2,1H3/b24-22+. The van der Waals surface area contributed by atoms with Crippen molar-refractivity contribution < 1.29 is 38.8 Å². The van der Waals surface area contributed by atoms with Gasteiger partial charge in [-0.15, -0.1) is 0 Å². The number of ether oxygens (including phenoxy) is 2. The van der Waals surface area contributed by atoms with E-state index in [1.807, 2.05) is 0 Å². The van der Waals surface area contributed by atoms with Gasteiger partial charge in [-0.25, -0.2) is 0 Å². The van der Waals surface area contributed by atoms with Crippen LogP contribution in [0.1, 0.15) is 46.9 Å². The number of carbonyl (C=O) groups excluding carboxylic acids is 3. The Balaban J connectivity index is 1.40. The summed E-state index contributed by atoms with van der Waals surface area (Å²) in [6, 6.07) is 4.38. The Morgan fingerprint density at radius 3 is 2.75 bits per heavy atom. The van der Waals surface area contributed by atoms with Crippen LogP contribution in [0.5, 0.6) is 5.75 Å². The Kier molecular flexibility index (Phi) is 7.77. The number of fused-ring (bicyclic) bond motifs is 1. The first kappa shape index (κ1) is 23.2. The number of rotatable bonds is 9. The molecule has 11 heteroatoms. The van der Waals surface area contributed by atoms with Crippen LogP contribution in [0.4, 0.5) is 0 Å². The number of ketones is 2. The SMILES string of the molecule is CC1=C(CCCC(=O)OCCO/[N+]([O-])=N/N2CCOCC2)C(=O)c2c(O)cccc2C1=O. The molecule has 0 aromatic heterocycles. The molecule has 0 spiro atoms. The van der Waals surface area contributed by atoms with Gasteiger partial charge in [0.05, 0.1) is 30.4 Å². The summed E-state index contributed by atoms with van der Waals surface area (Å²) in [5.41, 5.74) is 0.784. The predicted octanol–water partition coefficient (Wildman–Crippen LogP) is 1.94. The first-order chi connectivity index (χ1) is 15.4. The highest BCUT2D eigenvalue weighted by molar-refractivity contribution is 6.27. The molecule has 172 valence electrons. The van der Waals surface area contributed by atoms with Crippen molar-refractivity contribution in [3.05, 3.63) is 45.7 Å². The summed E-state index contributed by atoms with van der Waals surface area (Å²) >= 11 is 0. The zero-order valence-electron chi connectivity index (χ0n) is 17.7. The number of Topliss-reactive ketones (excluding diaryl/α,β-unsaturated/α-hetero) is 2. The van der Waals surface area contributed by atoms with E-state index < -0.39 is 11.8 Å². The lowest BCUT2D eigenvalue weighted by atomic mass is 9.82. The van der Waals surface area contributed by atoms with Crippen molar-refractivity contribution in [1.29, 1.82) is 0 Å². The van der Waals surface area contributed by atoms with Gasteiger partial charge in [0.1, 0.15) is 30.7 Å². The van der Waals surface area contributed by atoms with Crippen molar-refractivity contribution >= 4 is 17.5 Å². The summed E-state index contributed by atoms with van der Waals surface area (Å²) in [5.74, 6) is -1.48. The summed E-state index contributed by atoms with van der Waals surface area (Å²) in [5, 5.41) is 26.8. The fraction of sp³-hybridized carbons (Fsp3) is 0.476. The zero-order chi connectivity index (χ0) is 23.1. The molecule has 1 aromatic rings. The number of nitrogens with zero attached hydrogens (tertiary/aromatic N) is 3. The first-order valence-corrected chi connectivity index (χ1v) is 10.3. The third-order valence-electron chi connectivity index (χ3n) is 5.12. The summed E-state index contributed by atoms with van der Waals surface area (Å²) in [6.07, 6.45) is 0.502. The molecule has 1 fully saturated rings. The molecule has 0 saturated carbocycles. The maximum atomic E-state index is 12.7. The van der Waals surface area contributed by atoms with Crippen LogP contribution in [0.25, 0.3) is 0 Å². The average Bonchev–Trinajstić information content (AvgIpc) is 2.78. The highest BCUT2D eigenvalue weighted by Gasteiger charge is 2.31. The molecule has 0 amide bonds. The van der Waals surface area contributed by atoms with Crippen LogP contribution in [-0.2, 0) is 19.1 Å². The number of allylic oxidation sites excluding steroid dienone is 2. The number of esters is 1. The van der Waals surface area contributed by atoms with E-state index in [0.29, 0.717) is 31.9 Å². The van der Waals surface area contributed by atoms with Gasteiger partial charge >= 0.3 is 5.97 Å². The zero-order valence-corrected chi connectivity index (χ0v) is 17.7. The number of aromatic hydroxyl groups is 1. The Morgan fingerprint density at radius 1 is 1.25 bits per heavy atom. The predicted molar refractivity (Wildman–Crippen MR) is 109 cm³/mol. The van der Waals surface area contributed by atoms with Gasteiger partial charge in [0.2, 0.25) is 0 Å². The minimum Gasteiger partial charge on any atom is -0.507 e. The van der Waals surface area contributed by atoms with E-state index in [9.17, 15) is 24.7 Å². The van der Waals surface area contributed by atoms with Crippen LogP contribution in [0.15, 0.2) is 34.6 Å². The molecule has 0 radical (unpaired) electrons. The van der Waals surface area contributed by atoms with Crippen LogP contribution >= 0.6 is 0 Å². The van der Waals surface area contributed by atoms with E-state index in [1.54, 1.807) is 6.92 Å². The number of benzene rings is 1. The lowest BCUT2D eigenvalue weighted by molar-refractivity contribution is -0.798. The highest BCUT2D eigenvalue weighted by atomic mass is 16.9. The topological polar surface area (TPSA) is 141 Å². The second kappa shape index (κ2) is 10.7. The summed E-state index contributed by atoms with van der Waals surface area (Å²) in [6.45, 7) is 3.23. The van der Waals surface area contributed by atoms with Crippen LogP contribution in [-0.4, -0.2) is 72.2 Å². The Morgan fingerprint density at radius 2 is 2.00 bits per heavy atom. The molecule has 32 heavy (non-hydrogen) atoms. The summed E-state index contributed by atoms with van der Waals surface area (Å²) < 4.78 is 10.2. The molecular formula is C21H25N3O8. The fourth-order valence-corrected chi connectivity index (χ4v) is 3.45. The van der Waals surface area contributed by atoms with Gasteiger partial charge in [0.25, 0.3) is 0 Å². The van der Waals surface area contributed by atoms with Crippen molar-refractivity contribution in [2.24, 2.45) is 5.22 Å². The van der Waals surface area contributed by atoms with E-state index >= 15 is 0 Å². The molecular weight excluding hydrogens is 422 g/mol. The van der Waals surface area contributed by atoms with Gasteiger partial charge in [-0.2, -0.15) is 5.01 Å². The number of hydrogen-bond donors (Lipinski definition) is 1. The maximum Gasteiger partial charge on any atom is 0.305 e. The molecule has 1 heterocycles. The average molecular weight is 447 g/mol. The van der Waals surface area contributed by atoms with Gasteiger partial charge in [-0.05, 0) is 25.8 Å². The largest absolute Gasteiger partial charge is 0.507 e. The normalized spacial score (nSPS) is 16.8. The quantitative estimate of drug-likeness (QED) is 0.260. The third kappa shape index (κ3) is 5.61. The molecule has 0 atom stereocenters. The monoisotopic (exact) mass is 447 g/mol. The lowest BCUT2D eigenvalue weighted by Crippen LogP contribution is -2.33. The third-order valence-corrected chi connectivity index (χ3v) is 5.12. The van der Waals surface area contributed by atoms with Crippen molar-refractivity contribution in [3.63, 3.8) is 0 Å². The highest BCUT2D eigenvalue weighted by Crippen LogP contribution is 2.33. The van der Waals surface area contributed by atoms with Gasteiger partial charge in [0.15, 0.2) is 11.6 Å². The number of hydrogen-bond acceptors (Lipinski definition) is 9. The lowest BCUT2D eigenvalue weighted by Gasteiger charge is -2.19. The Labute approximate surface area is 184 Å². The fourth-order valence-electron chi connectivity index (χ4n) is 3.45. The summed E-state index contributed by atoms with van der Waals surface area (Å²) in [4.78, 5) is 42.0. The Bertz CT molecular complexity index is 950. The minimum atomic E-state index is -0.521. The van der Waals surface area contributed by atoms with Crippen molar-refractivity contribution in [3.8, 4) is 5.75 Å². The number of carbonyl (C=O) groups is 3. The molecule has 0 unspecified atom stereocenters. The van der Waals surface area contributed by atoms with Gasteiger partial charge in [0, 0.05) is 23.1 Å². The number of morpholine rings is 1. The minimum absolute atomic E-state index is 0.00230. The summed E-state index contributed by atoms with van der Waals surface area (Å²) in [7, 11) is 0. The molecule has 1 aliphatic heterocycles. The van der Waals surface area contributed by atoms with Crippen molar-refractivity contribution in [1.82, 2.24) is 5.01 Å². The van der Waals surface area contributed by atoms with Crippen molar-refractivity contribution in [2.75, 3.05) is 39.5 Å². The second-order valence-electron chi connectivity index (χ2n) is 7.26. The van der Waals surface area contributed by atoms with Crippen molar-refractivity contribution in [2.45, 2.75) is 26.2 Å². The first-order valence-electron chi connectivity index (χ1n) is 10.3. The van der Waals surface area contributed by atoms with Crippen LogP contribution in [0.3, 0.4) is 0 Å². The molecule has 1 saturated heterocycles. The number of phenols is 1.